The van der Waals surface area contributed by atoms with E-state index in [1.54, 1.807) is 0 Å². The number of thiophene rings is 2. The van der Waals surface area contributed by atoms with Gasteiger partial charge in [0.2, 0.25) is 0 Å². The van der Waals surface area contributed by atoms with Crippen LogP contribution in [0.1, 0.15) is 52.7 Å². The molecule has 18 heteroatoms. The molecular formula is C30H20F6N6O4S2. The highest BCUT2D eigenvalue weighted by molar-refractivity contribution is 7.17. The predicted octanol–water partition coefficient (Wildman–Crippen LogP) is 5.51. The van der Waals surface area contributed by atoms with E-state index >= 15 is 0 Å². The van der Waals surface area contributed by atoms with Gasteiger partial charge in [-0.2, -0.15) is 26.3 Å². The first kappa shape index (κ1) is 36.5. The number of rotatable bonds is 4. The van der Waals surface area contributed by atoms with Gasteiger partial charge >= 0.3 is 24.4 Å². The summed E-state index contributed by atoms with van der Waals surface area (Å²) in [5.74, 6) is 8.82. The third kappa shape index (κ3) is 10.5. The van der Waals surface area contributed by atoms with Gasteiger partial charge in [-0.15, -0.1) is 22.7 Å². The summed E-state index contributed by atoms with van der Waals surface area (Å²) in [6.45, 7) is 0. The number of carbonyl (C=O) groups is 4. The van der Waals surface area contributed by atoms with Crippen LogP contribution in [0.25, 0.3) is 0 Å². The molecule has 0 bridgehead atoms. The highest BCUT2D eigenvalue weighted by Crippen LogP contribution is 2.31. The zero-order valence-electron chi connectivity index (χ0n) is 23.8. The Hall–Kier alpha value is -5.98. The van der Waals surface area contributed by atoms with Crippen molar-refractivity contribution < 1.29 is 45.5 Å². The van der Waals surface area contributed by atoms with Gasteiger partial charge < -0.3 is 22.9 Å². The SMILES string of the molecule is NC(=O)Nc1sc(C#Cc2cccc(C(F)(F)F)c2)cc1C(N)=O.NC(=O)Nc1sc(C#Cc2cccc(C(F)(F)F)c2)cc1C(N)=O. The fourth-order valence-electron chi connectivity index (χ4n) is 3.49. The summed E-state index contributed by atoms with van der Waals surface area (Å²) in [4.78, 5) is 45.1. The second kappa shape index (κ2) is 15.1. The van der Waals surface area contributed by atoms with E-state index in [1.165, 1.54) is 36.4 Å². The van der Waals surface area contributed by atoms with Crippen molar-refractivity contribution in [1.82, 2.24) is 0 Å². The van der Waals surface area contributed by atoms with E-state index in [0.29, 0.717) is 9.75 Å². The zero-order chi connectivity index (χ0) is 35.8. The Bertz CT molecular complexity index is 1870. The van der Waals surface area contributed by atoms with Crippen LogP contribution in [0.4, 0.5) is 45.9 Å². The maximum Gasteiger partial charge on any atom is 0.416 e. The summed E-state index contributed by atoms with van der Waals surface area (Å²) in [5.41, 5.74) is 19.1. The number of nitrogens with two attached hydrogens (primary N) is 4. The predicted molar refractivity (Wildman–Crippen MR) is 167 cm³/mol. The fraction of sp³-hybridized carbons (Fsp3) is 0.0667. The molecule has 10 N–H and O–H groups in total. The van der Waals surface area contributed by atoms with E-state index in [9.17, 15) is 45.5 Å². The lowest BCUT2D eigenvalue weighted by atomic mass is 10.1. The van der Waals surface area contributed by atoms with Crippen LogP contribution in [0.15, 0.2) is 60.7 Å². The van der Waals surface area contributed by atoms with Crippen molar-refractivity contribution in [2.24, 2.45) is 22.9 Å². The molecule has 248 valence electrons. The molecule has 0 aliphatic carbocycles. The monoisotopic (exact) mass is 706 g/mol. The van der Waals surface area contributed by atoms with E-state index in [2.05, 4.69) is 34.3 Å². The van der Waals surface area contributed by atoms with Crippen LogP contribution in [-0.4, -0.2) is 23.9 Å². The molecule has 4 aromatic rings. The number of hydrogen-bond acceptors (Lipinski definition) is 6. The van der Waals surface area contributed by atoms with Crippen LogP contribution in [0.5, 0.6) is 0 Å². The van der Waals surface area contributed by atoms with Crippen molar-refractivity contribution in [3.05, 3.63) is 104 Å². The third-order valence-corrected chi connectivity index (χ3v) is 7.44. The average molecular weight is 707 g/mol. The van der Waals surface area contributed by atoms with E-state index in [1.807, 2.05) is 0 Å². The van der Waals surface area contributed by atoms with Crippen LogP contribution >= 0.6 is 22.7 Å². The lowest BCUT2D eigenvalue weighted by Crippen LogP contribution is -2.21. The van der Waals surface area contributed by atoms with Crippen LogP contribution in [0.3, 0.4) is 0 Å². The van der Waals surface area contributed by atoms with E-state index in [4.69, 9.17) is 22.9 Å². The molecular weight excluding hydrogens is 686 g/mol. The lowest BCUT2D eigenvalue weighted by molar-refractivity contribution is -0.138. The van der Waals surface area contributed by atoms with Crippen LogP contribution in [0, 0.1) is 23.7 Å². The molecule has 0 saturated carbocycles. The maximum atomic E-state index is 12.6. The number of carbonyl (C=O) groups excluding carboxylic acids is 4. The number of hydrogen-bond donors (Lipinski definition) is 6. The Morgan fingerprint density at radius 2 is 0.917 bits per heavy atom. The number of halogens is 6. The normalized spacial score (nSPS) is 10.6. The molecule has 0 radical (unpaired) electrons. The van der Waals surface area contributed by atoms with E-state index in [0.717, 1.165) is 46.9 Å². The minimum absolute atomic E-state index is 0.0205. The summed E-state index contributed by atoms with van der Waals surface area (Å²) >= 11 is 1.87. The number of primary amides is 4. The van der Waals surface area contributed by atoms with Crippen molar-refractivity contribution in [2.75, 3.05) is 10.6 Å². The Balaban J connectivity index is 0.000000260. The second-order valence-electron chi connectivity index (χ2n) is 9.07. The third-order valence-electron chi connectivity index (χ3n) is 5.51. The van der Waals surface area contributed by atoms with Crippen molar-refractivity contribution >= 4 is 56.6 Å². The molecule has 2 aromatic carbocycles. The minimum atomic E-state index is -4.46. The van der Waals surface area contributed by atoms with Crippen molar-refractivity contribution in [1.29, 1.82) is 0 Å². The summed E-state index contributed by atoms with van der Waals surface area (Å²) in [6, 6.07) is 9.96. The standard InChI is InChI=1S/2C15H10F3N3O2S/c2*16-15(17,18)9-3-1-2-8(6-9)4-5-10-7-11(12(19)22)13(24-10)21-14(20)23/h2*1-3,6-7H,(H2,19,22)(H3,20,21,23). The molecule has 48 heavy (non-hydrogen) atoms. The van der Waals surface area contributed by atoms with Gasteiger partial charge in [0.15, 0.2) is 0 Å². The van der Waals surface area contributed by atoms with Gasteiger partial charge in [-0.25, -0.2) is 9.59 Å². The smallest absolute Gasteiger partial charge is 0.366 e. The lowest BCUT2D eigenvalue weighted by Gasteiger charge is -2.05. The average Bonchev–Trinajstić information content (AvgIpc) is 3.58. The van der Waals surface area contributed by atoms with Gasteiger partial charge in [0.05, 0.1) is 32.0 Å². The van der Waals surface area contributed by atoms with E-state index in [-0.39, 0.29) is 32.3 Å². The molecule has 0 atom stereocenters. The summed E-state index contributed by atoms with van der Waals surface area (Å²) < 4.78 is 75.9. The molecule has 0 saturated heterocycles. The molecule has 6 amide bonds. The quantitative estimate of drug-likeness (QED) is 0.120. The number of anilines is 2. The molecule has 0 unspecified atom stereocenters. The Morgan fingerprint density at radius 3 is 1.21 bits per heavy atom. The van der Waals surface area contributed by atoms with Crippen LogP contribution in [0.2, 0.25) is 0 Å². The second-order valence-corrected chi connectivity index (χ2v) is 11.2. The number of nitrogens with one attached hydrogen (secondary N) is 2. The molecule has 0 aliphatic rings. The number of urea groups is 2. The fourth-order valence-corrected chi connectivity index (χ4v) is 5.33. The Morgan fingerprint density at radius 1 is 0.562 bits per heavy atom. The molecule has 0 spiro atoms. The zero-order valence-corrected chi connectivity index (χ0v) is 25.4. The largest absolute Gasteiger partial charge is 0.416 e. The topological polar surface area (TPSA) is 196 Å². The van der Waals surface area contributed by atoms with E-state index < -0.39 is 47.4 Å². The molecule has 2 heterocycles. The summed E-state index contributed by atoms with van der Waals surface area (Å²) in [5, 5.41) is 4.74. The Kier molecular flexibility index (Phi) is 11.5. The first-order chi connectivity index (χ1) is 22.3. The molecule has 0 aliphatic heterocycles. The van der Waals surface area contributed by atoms with Gasteiger partial charge in [0.25, 0.3) is 11.8 Å². The maximum absolute atomic E-state index is 12.6. The van der Waals surface area contributed by atoms with Crippen molar-refractivity contribution in [2.45, 2.75) is 12.4 Å². The van der Waals surface area contributed by atoms with Gasteiger partial charge in [-0.05, 0) is 48.5 Å². The number of benzene rings is 2. The van der Waals surface area contributed by atoms with Crippen molar-refractivity contribution in [3.8, 4) is 23.7 Å². The molecule has 0 fully saturated rings. The molecule has 10 nitrogen and oxygen atoms in total. The van der Waals surface area contributed by atoms with Gasteiger partial charge in [-0.1, -0.05) is 35.8 Å². The van der Waals surface area contributed by atoms with Gasteiger partial charge in [0.1, 0.15) is 10.0 Å². The van der Waals surface area contributed by atoms with Gasteiger partial charge in [0, 0.05) is 11.1 Å². The first-order valence-corrected chi connectivity index (χ1v) is 14.4. The Labute approximate surface area is 275 Å². The van der Waals surface area contributed by atoms with Crippen LogP contribution in [-0.2, 0) is 12.4 Å². The van der Waals surface area contributed by atoms with Crippen LogP contribution < -0.4 is 33.6 Å². The number of amides is 6. The summed E-state index contributed by atoms with van der Waals surface area (Å²) in [7, 11) is 0. The molecule has 2 aromatic heterocycles. The highest BCUT2D eigenvalue weighted by atomic mass is 32.1. The number of alkyl halides is 6. The summed E-state index contributed by atoms with van der Waals surface area (Å²) in [6.07, 6.45) is -8.92. The first-order valence-electron chi connectivity index (χ1n) is 12.7. The highest BCUT2D eigenvalue weighted by Gasteiger charge is 2.31. The molecule has 4 rings (SSSR count). The van der Waals surface area contributed by atoms with Crippen molar-refractivity contribution in [3.63, 3.8) is 0 Å². The minimum Gasteiger partial charge on any atom is -0.366 e. The van der Waals surface area contributed by atoms with Gasteiger partial charge in [-0.3, -0.25) is 20.2 Å².